The molecule has 0 bridgehead atoms. The molecule has 62 valence electrons. The van der Waals surface area contributed by atoms with Crippen molar-refractivity contribution in [1.29, 1.82) is 5.26 Å². The molecule has 1 aromatic heterocycles. The molecule has 0 spiro atoms. The Labute approximate surface area is 76.6 Å². The smallest absolute Gasteiger partial charge is 0.0961 e. The minimum atomic E-state index is 0.0624. The summed E-state index contributed by atoms with van der Waals surface area (Å²) >= 11 is 1.59. The van der Waals surface area contributed by atoms with Gasteiger partial charge in [0, 0.05) is 17.3 Å². The summed E-state index contributed by atoms with van der Waals surface area (Å²) in [5, 5.41) is 8.76. The van der Waals surface area contributed by atoms with Crippen LogP contribution in [0.25, 0.3) is 0 Å². The molecule has 1 atom stereocenters. The van der Waals surface area contributed by atoms with Gasteiger partial charge in [0.15, 0.2) is 0 Å². The van der Waals surface area contributed by atoms with Crippen LogP contribution in [0.3, 0.4) is 0 Å². The van der Waals surface area contributed by atoms with Crippen molar-refractivity contribution in [1.82, 2.24) is 4.98 Å². The van der Waals surface area contributed by atoms with Crippen LogP contribution in [0.2, 0.25) is 0 Å². The maximum Gasteiger partial charge on any atom is 0.0961 e. The highest BCUT2D eigenvalue weighted by molar-refractivity contribution is 8.00. The van der Waals surface area contributed by atoms with Gasteiger partial charge in [0.25, 0.3) is 0 Å². The number of aromatic nitrogens is 1. The summed E-state index contributed by atoms with van der Waals surface area (Å²) in [5.41, 5.74) is 0. The number of nitrogens with zero attached hydrogens (tertiary/aromatic N) is 2. The lowest BCUT2D eigenvalue weighted by atomic mass is 10.4. The summed E-state index contributed by atoms with van der Waals surface area (Å²) in [6.07, 6.45) is 4.36. The minimum absolute atomic E-state index is 0.0624. The van der Waals surface area contributed by atoms with Crippen LogP contribution in [0.5, 0.6) is 0 Å². The molecule has 0 N–H and O–H groups in total. The lowest BCUT2D eigenvalue weighted by molar-refractivity contribution is 0.984. The summed E-state index contributed by atoms with van der Waals surface area (Å²) in [6, 6.07) is 6.09. The first-order valence-electron chi connectivity index (χ1n) is 3.83. The Hall–Kier alpha value is -1.01. The van der Waals surface area contributed by atoms with Gasteiger partial charge >= 0.3 is 0 Å². The molecule has 0 aliphatic rings. The molecule has 0 aliphatic carbocycles. The SMILES string of the molecule is CCC(C#N)Sc1ccncc1. The van der Waals surface area contributed by atoms with Crippen molar-refractivity contribution in [3.05, 3.63) is 24.5 Å². The third-order valence-electron chi connectivity index (χ3n) is 1.44. The van der Waals surface area contributed by atoms with E-state index in [0.717, 1.165) is 11.3 Å². The van der Waals surface area contributed by atoms with Gasteiger partial charge in [-0.25, -0.2) is 0 Å². The molecule has 12 heavy (non-hydrogen) atoms. The first-order valence-corrected chi connectivity index (χ1v) is 4.71. The average Bonchev–Trinajstić information content (AvgIpc) is 2.16. The fourth-order valence-corrected chi connectivity index (χ4v) is 1.61. The fourth-order valence-electron chi connectivity index (χ4n) is 0.782. The maximum atomic E-state index is 8.70. The molecule has 0 saturated carbocycles. The van der Waals surface area contributed by atoms with Gasteiger partial charge in [0.05, 0.1) is 11.3 Å². The Balaban J connectivity index is 2.58. The van der Waals surface area contributed by atoms with E-state index in [1.54, 1.807) is 24.2 Å². The van der Waals surface area contributed by atoms with Crippen molar-refractivity contribution in [2.24, 2.45) is 0 Å². The second kappa shape index (κ2) is 4.78. The minimum Gasteiger partial charge on any atom is -0.265 e. The summed E-state index contributed by atoms with van der Waals surface area (Å²) in [4.78, 5) is 5.02. The van der Waals surface area contributed by atoms with E-state index >= 15 is 0 Å². The predicted molar refractivity (Wildman–Crippen MR) is 49.8 cm³/mol. The van der Waals surface area contributed by atoms with Gasteiger partial charge in [-0.1, -0.05) is 6.92 Å². The van der Waals surface area contributed by atoms with Crippen LogP contribution in [0, 0.1) is 11.3 Å². The number of nitriles is 1. The number of hydrogen-bond acceptors (Lipinski definition) is 3. The zero-order chi connectivity index (χ0) is 8.81. The van der Waals surface area contributed by atoms with Crippen molar-refractivity contribution < 1.29 is 0 Å². The average molecular weight is 178 g/mol. The Morgan fingerprint density at radius 3 is 2.75 bits per heavy atom. The fraction of sp³-hybridized carbons (Fsp3) is 0.333. The lowest BCUT2D eigenvalue weighted by Gasteiger charge is -2.03. The first-order chi connectivity index (χ1) is 5.86. The molecule has 1 unspecified atom stereocenters. The van der Waals surface area contributed by atoms with Crippen molar-refractivity contribution in [2.75, 3.05) is 0 Å². The van der Waals surface area contributed by atoms with Crippen molar-refractivity contribution in [3.63, 3.8) is 0 Å². The molecule has 0 saturated heterocycles. The Morgan fingerprint density at radius 1 is 1.58 bits per heavy atom. The van der Waals surface area contributed by atoms with E-state index in [9.17, 15) is 0 Å². The highest BCUT2D eigenvalue weighted by Gasteiger charge is 2.04. The van der Waals surface area contributed by atoms with Crippen LogP contribution >= 0.6 is 11.8 Å². The van der Waals surface area contributed by atoms with Crippen LogP contribution in [-0.4, -0.2) is 10.2 Å². The van der Waals surface area contributed by atoms with Gasteiger partial charge in [-0.3, -0.25) is 4.98 Å². The molecule has 0 fully saturated rings. The van der Waals surface area contributed by atoms with Crippen molar-refractivity contribution >= 4 is 11.8 Å². The summed E-state index contributed by atoms with van der Waals surface area (Å²) in [5.74, 6) is 0. The highest BCUT2D eigenvalue weighted by atomic mass is 32.2. The summed E-state index contributed by atoms with van der Waals surface area (Å²) in [6.45, 7) is 2.02. The summed E-state index contributed by atoms with van der Waals surface area (Å²) in [7, 11) is 0. The van der Waals surface area contributed by atoms with E-state index in [4.69, 9.17) is 5.26 Å². The van der Waals surface area contributed by atoms with Crippen LogP contribution in [0.15, 0.2) is 29.4 Å². The van der Waals surface area contributed by atoms with E-state index in [-0.39, 0.29) is 5.25 Å². The van der Waals surface area contributed by atoms with Gasteiger partial charge in [0.2, 0.25) is 0 Å². The van der Waals surface area contributed by atoms with E-state index in [1.807, 2.05) is 19.1 Å². The maximum absolute atomic E-state index is 8.70. The first kappa shape index (κ1) is 9.08. The zero-order valence-electron chi connectivity index (χ0n) is 6.90. The Kier molecular flexibility index (Phi) is 3.62. The van der Waals surface area contributed by atoms with E-state index in [2.05, 4.69) is 11.1 Å². The second-order valence-corrected chi connectivity index (χ2v) is 3.60. The Morgan fingerprint density at radius 2 is 2.25 bits per heavy atom. The zero-order valence-corrected chi connectivity index (χ0v) is 7.71. The standard InChI is InChI=1S/C9H10N2S/c1-2-8(7-10)12-9-3-5-11-6-4-9/h3-6,8H,2H2,1H3. The highest BCUT2D eigenvalue weighted by Crippen LogP contribution is 2.23. The van der Waals surface area contributed by atoms with Gasteiger partial charge in [-0.05, 0) is 18.6 Å². The molecule has 0 amide bonds. The molecule has 1 heterocycles. The number of hydrogen-bond donors (Lipinski definition) is 0. The third kappa shape index (κ3) is 2.55. The Bertz CT molecular complexity index is 266. The normalized spacial score (nSPS) is 12.0. The topological polar surface area (TPSA) is 36.7 Å². The number of thioether (sulfide) groups is 1. The molecular weight excluding hydrogens is 168 g/mol. The molecule has 0 aliphatic heterocycles. The van der Waals surface area contributed by atoms with Gasteiger partial charge in [-0.15, -0.1) is 11.8 Å². The second-order valence-electron chi connectivity index (χ2n) is 2.33. The molecule has 3 heteroatoms. The third-order valence-corrected chi connectivity index (χ3v) is 2.71. The van der Waals surface area contributed by atoms with E-state index in [0.29, 0.717) is 0 Å². The van der Waals surface area contributed by atoms with Gasteiger partial charge in [-0.2, -0.15) is 5.26 Å². The molecule has 1 rings (SSSR count). The van der Waals surface area contributed by atoms with Crippen LogP contribution < -0.4 is 0 Å². The van der Waals surface area contributed by atoms with Gasteiger partial charge in [0.1, 0.15) is 0 Å². The van der Waals surface area contributed by atoms with E-state index in [1.165, 1.54) is 0 Å². The van der Waals surface area contributed by atoms with Crippen LogP contribution in [-0.2, 0) is 0 Å². The van der Waals surface area contributed by atoms with Crippen molar-refractivity contribution in [2.45, 2.75) is 23.5 Å². The van der Waals surface area contributed by atoms with E-state index < -0.39 is 0 Å². The predicted octanol–water partition coefficient (Wildman–Crippen LogP) is 2.48. The molecule has 0 aromatic carbocycles. The molecule has 0 radical (unpaired) electrons. The molecule has 2 nitrogen and oxygen atoms in total. The number of pyridine rings is 1. The quantitative estimate of drug-likeness (QED) is 0.667. The monoisotopic (exact) mass is 178 g/mol. The largest absolute Gasteiger partial charge is 0.265 e. The molecular formula is C9H10N2S. The molecule has 1 aromatic rings. The number of rotatable bonds is 3. The van der Waals surface area contributed by atoms with Crippen LogP contribution in [0.4, 0.5) is 0 Å². The summed E-state index contributed by atoms with van der Waals surface area (Å²) < 4.78 is 0. The van der Waals surface area contributed by atoms with Gasteiger partial charge < -0.3 is 0 Å². The van der Waals surface area contributed by atoms with Crippen LogP contribution in [0.1, 0.15) is 13.3 Å². The van der Waals surface area contributed by atoms with Crippen molar-refractivity contribution in [3.8, 4) is 6.07 Å². The lowest BCUT2D eigenvalue weighted by Crippen LogP contribution is -1.94.